The van der Waals surface area contributed by atoms with E-state index in [1.54, 1.807) is 0 Å². The zero-order chi connectivity index (χ0) is 13.1. The molecule has 1 nitrogen and oxygen atoms in total. The Labute approximate surface area is 118 Å². The van der Waals surface area contributed by atoms with Crippen molar-refractivity contribution in [2.75, 3.05) is 6.61 Å². The van der Waals surface area contributed by atoms with Gasteiger partial charge in [-0.3, -0.25) is 0 Å². The van der Waals surface area contributed by atoms with Crippen LogP contribution in [0.15, 0.2) is 22.7 Å². The number of benzene rings is 1. The van der Waals surface area contributed by atoms with Gasteiger partial charge in [-0.25, -0.2) is 0 Å². The molecule has 0 saturated heterocycles. The van der Waals surface area contributed by atoms with Gasteiger partial charge >= 0.3 is 0 Å². The maximum Gasteiger partial charge on any atom is 0.124 e. The predicted octanol–water partition coefficient (Wildman–Crippen LogP) is 5.56. The van der Waals surface area contributed by atoms with Gasteiger partial charge in [0.2, 0.25) is 0 Å². The zero-order valence-corrected chi connectivity index (χ0v) is 13.2. The summed E-state index contributed by atoms with van der Waals surface area (Å²) in [5, 5.41) is -0.0495. The fraction of sp³-hybridized carbons (Fsp3) is 0.571. The fourth-order valence-corrected chi connectivity index (χ4v) is 2.31. The average molecular weight is 320 g/mol. The molecular weight excluding hydrogens is 300 g/mol. The first kappa shape index (κ1) is 14.8. The second-order valence-corrected chi connectivity index (χ2v) is 6.17. The third-order valence-corrected chi connectivity index (χ3v) is 4.46. The van der Waals surface area contributed by atoms with E-state index < -0.39 is 0 Å². The lowest BCUT2D eigenvalue weighted by molar-refractivity contribution is 0.308. The van der Waals surface area contributed by atoms with Crippen molar-refractivity contribution in [2.24, 2.45) is 5.41 Å². The van der Waals surface area contributed by atoms with Crippen LogP contribution in [0.2, 0.25) is 0 Å². The van der Waals surface area contributed by atoms with Gasteiger partial charge in [-0.2, -0.15) is 0 Å². The lowest BCUT2D eigenvalue weighted by Crippen LogP contribution is -2.17. The number of hydrogen-bond donors (Lipinski definition) is 0. The second kappa shape index (κ2) is 6.10. The highest BCUT2D eigenvalue weighted by Gasteiger charge is 2.29. The largest absolute Gasteiger partial charge is 0.494 e. The van der Waals surface area contributed by atoms with Crippen molar-refractivity contribution < 1.29 is 4.74 Å². The highest BCUT2D eigenvalue weighted by atomic mass is 79.9. The molecule has 1 rings (SSSR count). The van der Waals surface area contributed by atoms with Crippen LogP contribution in [-0.4, -0.2) is 6.61 Å². The molecule has 1 unspecified atom stereocenters. The van der Waals surface area contributed by atoms with Crippen LogP contribution in [0.5, 0.6) is 5.75 Å². The average Bonchev–Trinajstić information content (AvgIpc) is 2.30. The van der Waals surface area contributed by atoms with Gasteiger partial charge in [0.05, 0.1) is 12.0 Å². The molecule has 0 spiro atoms. The van der Waals surface area contributed by atoms with Crippen LogP contribution >= 0.6 is 27.5 Å². The predicted molar refractivity (Wildman–Crippen MR) is 78.0 cm³/mol. The summed E-state index contributed by atoms with van der Waals surface area (Å²) >= 11 is 10.1. The molecule has 1 atom stereocenters. The first-order valence-electron chi connectivity index (χ1n) is 5.98. The van der Waals surface area contributed by atoms with Crippen LogP contribution < -0.4 is 4.74 Å². The van der Waals surface area contributed by atoms with Crippen LogP contribution in [-0.2, 0) is 0 Å². The van der Waals surface area contributed by atoms with E-state index in [4.69, 9.17) is 16.3 Å². The lowest BCUT2D eigenvalue weighted by atomic mass is 9.82. The monoisotopic (exact) mass is 318 g/mol. The Balaban J connectivity index is 3.14. The minimum atomic E-state index is -0.0495. The van der Waals surface area contributed by atoms with Gasteiger partial charge < -0.3 is 4.74 Å². The van der Waals surface area contributed by atoms with Crippen LogP contribution in [0.25, 0.3) is 0 Å². The molecule has 96 valence electrons. The van der Waals surface area contributed by atoms with Gasteiger partial charge in [-0.15, -0.1) is 11.6 Å². The van der Waals surface area contributed by atoms with E-state index in [0.29, 0.717) is 6.61 Å². The maximum atomic E-state index is 6.61. The number of halogens is 2. The van der Waals surface area contributed by atoms with Gasteiger partial charge in [-0.05, 0) is 37.0 Å². The van der Waals surface area contributed by atoms with Gasteiger partial charge in [-0.1, -0.05) is 36.7 Å². The smallest absolute Gasteiger partial charge is 0.124 e. The molecule has 0 saturated carbocycles. The van der Waals surface area contributed by atoms with Crippen molar-refractivity contribution in [3.05, 3.63) is 28.2 Å². The summed E-state index contributed by atoms with van der Waals surface area (Å²) in [5.41, 5.74) is 1.11. The van der Waals surface area contributed by atoms with E-state index in [-0.39, 0.29) is 10.8 Å². The fourth-order valence-electron chi connectivity index (χ4n) is 1.60. The summed E-state index contributed by atoms with van der Waals surface area (Å²) in [6.45, 7) is 9.17. The topological polar surface area (TPSA) is 9.23 Å². The van der Waals surface area contributed by atoms with Gasteiger partial charge in [0.15, 0.2) is 0 Å². The summed E-state index contributed by atoms with van der Waals surface area (Å²) in [5.74, 6) is 0.886. The molecule has 0 aliphatic carbocycles. The van der Waals surface area contributed by atoms with Crippen molar-refractivity contribution >= 4 is 27.5 Å². The quantitative estimate of drug-likeness (QED) is 0.645. The van der Waals surface area contributed by atoms with Crippen molar-refractivity contribution in [3.8, 4) is 5.75 Å². The Morgan fingerprint density at radius 1 is 1.35 bits per heavy atom. The third kappa shape index (κ3) is 3.62. The maximum absolute atomic E-state index is 6.61. The van der Waals surface area contributed by atoms with E-state index in [2.05, 4.69) is 42.8 Å². The van der Waals surface area contributed by atoms with Gasteiger partial charge in [0.25, 0.3) is 0 Å². The van der Waals surface area contributed by atoms with E-state index in [1.165, 1.54) is 0 Å². The van der Waals surface area contributed by atoms with E-state index in [9.17, 15) is 0 Å². The molecule has 3 heteroatoms. The summed E-state index contributed by atoms with van der Waals surface area (Å²) in [4.78, 5) is 0. The standard InChI is InChI=1S/C14H20BrClO/c1-5-14(3,4)13(16)11-9-10(15)7-8-12(11)17-6-2/h7-9,13H,5-6H2,1-4H3. The molecule has 0 aliphatic rings. The molecule has 17 heavy (non-hydrogen) atoms. The summed E-state index contributed by atoms with van der Waals surface area (Å²) in [6, 6.07) is 6.02. The summed E-state index contributed by atoms with van der Waals surface area (Å²) < 4.78 is 6.68. The summed E-state index contributed by atoms with van der Waals surface area (Å²) in [6.07, 6.45) is 1.03. The summed E-state index contributed by atoms with van der Waals surface area (Å²) in [7, 11) is 0. The number of ether oxygens (including phenoxy) is 1. The van der Waals surface area contributed by atoms with E-state index >= 15 is 0 Å². The minimum absolute atomic E-state index is 0.0495. The van der Waals surface area contributed by atoms with E-state index in [1.807, 2.05) is 19.1 Å². The Bertz CT molecular complexity index is 376. The van der Waals surface area contributed by atoms with Crippen LogP contribution in [0, 0.1) is 5.41 Å². The van der Waals surface area contributed by atoms with Crippen LogP contribution in [0.3, 0.4) is 0 Å². The molecule has 0 aromatic heterocycles. The van der Waals surface area contributed by atoms with Gasteiger partial charge in [0.1, 0.15) is 5.75 Å². The van der Waals surface area contributed by atoms with Crippen LogP contribution in [0.1, 0.15) is 45.1 Å². The van der Waals surface area contributed by atoms with Crippen molar-refractivity contribution in [1.82, 2.24) is 0 Å². The van der Waals surface area contributed by atoms with Crippen molar-refractivity contribution in [1.29, 1.82) is 0 Å². The molecule has 0 heterocycles. The number of hydrogen-bond acceptors (Lipinski definition) is 1. The Morgan fingerprint density at radius 2 is 2.00 bits per heavy atom. The second-order valence-electron chi connectivity index (χ2n) is 4.82. The number of alkyl halides is 1. The Kier molecular flexibility index (Phi) is 5.33. The highest BCUT2D eigenvalue weighted by molar-refractivity contribution is 9.10. The lowest BCUT2D eigenvalue weighted by Gasteiger charge is -2.30. The Hall–Kier alpha value is -0.210. The molecule has 0 bridgehead atoms. The molecule has 0 N–H and O–H groups in total. The molecule has 0 amide bonds. The highest BCUT2D eigenvalue weighted by Crippen LogP contribution is 2.45. The molecule has 1 aromatic rings. The minimum Gasteiger partial charge on any atom is -0.494 e. The molecule has 0 aliphatic heterocycles. The van der Waals surface area contributed by atoms with Crippen molar-refractivity contribution in [3.63, 3.8) is 0 Å². The first-order valence-corrected chi connectivity index (χ1v) is 7.21. The normalized spacial score (nSPS) is 13.5. The first-order chi connectivity index (χ1) is 7.92. The SMILES string of the molecule is CCOc1ccc(Br)cc1C(Cl)C(C)(C)CC. The number of rotatable bonds is 5. The van der Waals surface area contributed by atoms with E-state index in [0.717, 1.165) is 22.2 Å². The zero-order valence-electron chi connectivity index (χ0n) is 10.9. The third-order valence-electron chi connectivity index (χ3n) is 3.14. The molecule has 0 fully saturated rings. The molecule has 0 radical (unpaired) electrons. The Morgan fingerprint density at radius 3 is 2.53 bits per heavy atom. The molecule has 1 aromatic carbocycles. The van der Waals surface area contributed by atoms with Crippen molar-refractivity contribution in [2.45, 2.75) is 39.5 Å². The molecular formula is C14H20BrClO. The van der Waals surface area contributed by atoms with Gasteiger partial charge in [0, 0.05) is 10.0 Å². The van der Waals surface area contributed by atoms with Crippen LogP contribution in [0.4, 0.5) is 0 Å².